The maximum Gasteiger partial charge on any atom is 0.242 e. The van der Waals surface area contributed by atoms with Crippen LogP contribution in [0.15, 0.2) is 42.5 Å². The number of carbonyl (C=O) groups excluding carboxylic acids is 2. The molecule has 0 aliphatic heterocycles. The lowest BCUT2D eigenvalue weighted by Crippen LogP contribution is -2.50. The number of nitrogens with one attached hydrogen (secondary N) is 1. The highest BCUT2D eigenvalue weighted by atomic mass is 35.5. The van der Waals surface area contributed by atoms with E-state index in [0.717, 1.165) is 36.8 Å². The fourth-order valence-electron chi connectivity index (χ4n) is 4.07. The average Bonchev–Trinajstić information content (AvgIpc) is 2.79. The average molecular weight is 496 g/mol. The Morgan fingerprint density at radius 3 is 2.41 bits per heavy atom. The van der Waals surface area contributed by atoms with E-state index in [1.807, 2.05) is 30.3 Å². The molecule has 1 aliphatic carbocycles. The first-order valence-electron chi connectivity index (χ1n) is 11.1. The molecule has 1 saturated carbocycles. The third kappa shape index (κ3) is 6.87. The SMILES string of the molecule is C[C@H](C(=O)NC1CCCCC1)N(Cc1ccc(Cl)c(Cl)c1)C(=O)CCc1ccccc1Cl. The quantitative estimate of drug-likeness (QED) is 0.458. The van der Waals surface area contributed by atoms with Crippen LogP contribution in [0.2, 0.25) is 15.1 Å². The Kier molecular flexibility index (Phi) is 9.27. The molecule has 0 spiro atoms. The summed E-state index contributed by atoms with van der Waals surface area (Å²) in [5.74, 6) is -0.231. The minimum absolute atomic E-state index is 0.109. The minimum atomic E-state index is -0.606. The zero-order valence-electron chi connectivity index (χ0n) is 18.3. The topological polar surface area (TPSA) is 49.4 Å². The number of benzene rings is 2. The molecule has 1 atom stereocenters. The summed E-state index contributed by atoms with van der Waals surface area (Å²) < 4.78 is 0. The van der Waals surface area contributed by atoms with Crippen molar-refractivity contribution < 1.29 is 9.59 Å². The van der Waals surface area contributed by atoms with Gasteiger partial charge in [0.2, 0.25) is 11.8 Å². The van der Waals surface area contributed by atoms with Crippen LogP contribution in [0.1, 0.15) is 56.6 Å². The molecular formula is C25H29Cl3N2O2. The molecule has 0 heterocycles. The number of carbonyl (C=O) groups is 2. The van der Waals surface area contributed by atoms with Crippen molar-refractivity contribution in [1.82, 2.24) is 10.2 Å². The Labute approximate surface area is 205 Å². The number of amides is 2. The van der Waals surface area contributed by atoms with E-state index in [1.54, 1.807) is 24.0 Å². The Morgan fingerprint density at radius 1 is 1.00 bits per heavy atom. The molecule has 0 aromatic heterocycles. The number of hydrogen-bond acceptors (Lipinski definition) is 2. The van der Waals surface area contributed by atoms with E-state index in [1.165, 1.54) is 6.42 Å². The highest BCUT2D eigenvalue weighted by Crippen LogP contribution is 2.25. The zero-order valence-corrected chi connectivity index (χ0v) is 20.5. The smallest absolute Gasteiger partial charge is 0.242 e. The van der Waals surface area contributed by atoms with Crippen LogP contribution in [0.5, 0.6) is 0 Å². The lowest BCUT2D eigenvalue weighted by molar-refractivity contribution is -0.141. The third-order valence-electron chi connectivity index (χ3n) is 6.02. The van der Waals surface area contributed by atoms with Crippen molar-refractivity contribution in [2.24, 2.45) is 0 Å². The van der Waals surface area contributed by atoms with Gasteiger partial charge in [0.25, 0.3) is 0 Å². The van der Waals surface area contributed by atoms with E-state index >= 15 is 0 Å². The van der Waals surface area contributed by atoms with Gasteiger partial charge in [0.1, 0.15) is 6.04 Å². The molecule has 7 heteroatoms. The van der Waals surface area contributed by atoms with Crippen molar-refractivity contribution in [2.75, 3.05) is 0 Å². The van der Waals surface area contributed by atoms with Crippen molar-refractivity contribution in [3.05, 3.63) is 68.7 Å². The van der Waals surface area contributed by atoms with Gasteiger partial charge in [0.15, 0.2) is 0 Å². The molecule has 0 unspecified atom stereocenters. The fraction of sp³-hybridized carbons (Fsp3) is 0.440. The van der Waals surface area contributed by atoms with Gasteiger partial charge in [-0.3, -0.25) is 9.59 Å². The number of halogens is 3. The molecule has 1 N–H and O–H groups in total. The van der Waals surface area contributed by atoms with Crippen LogP contribution < -0.4 is 5.32 Å². The van der Waals surface area contributed by atoms with Gasteiger partial charge < -0.3 is 10.2 Å². The summed E-state index contributed by atoms with van der Waals surface area (Å²) in [6.45, 7) is 2.06. The molecule has 2 amide bonds. The van der Waals surface area contributed by atoms with Gasteiger partial charge in [-0.05, 0) is 55.5 Å². The normalized spacial score (nSPS) is 15.2. The van der Waals surface area contributed by atoms with Crippen molar-refractivity contribution in [1.29, 1.82) is 0 Å². The van der Waals surface area contributed by atoms with E-state index in [-0.39, 0.29) is 30.8 Å². The second-order valence-electron chi connectivity index (χ2n) is 8.38. The molecule has 32 heavy (non-hydrogen) atoms. The monoisotopic (exact) mass is 494 g/mol. The molecule has 3 rings (SSSR count). The van der Waals surface area contributed by atoms with Crippen LogP contribution >= 0.6 is 34.8 Å². The lowest BCUT2D eigenvalue weighted by atomic mass is 9.95. The molecule has 2 aromatic carbocycles. The summed E-state index contributed by atoms with van der Waals surface area (Å²) in [6, 6.07) is 12.3. The van der Waals surface area contributed by atoms with Crippen molar-refractivity contribution >= 4 is 46.6 Å². The van der Waals surface area contributed by atoms with E-state index in [2.05, 4.69) is 5.32 Å². The van der Waals surface area contributed by atoms with Crippen molar-refractivity contribution in [2.45, 2.75) is 70.5 Å². The predicted octanol–water partition coefficient (Wildman–Crippen LogP) is 6.45. The molecule has 0 radical (unpaired) electrons. The fourth-order valence-corrected chi connectivity index (χ4v) is 4.62. The molecule has 1 fully saturated rings. The zero-order chi connectivity index (χ0) is 23.1. The molecule has 172 valence electrons. The van der Waals surface area contributed by atoms with E-state index < -0.39 is 6.04 Å². The Hall–Kier alpha value is -1.75. The molecule has 1 aliphatic rings. The van der Waals surface area contributed by atoms with Gasteiger partial charge in [-0.15, -0.1) is 0 Å². The second-order valence-corrected chi connectivity index (χ2v) is 9.60. The molecule has 0 saturated heterocycles. The number of nitrogens with zero attached hydrogens (tertiary/aromatic N) is 1. The Balaban J connectivity index is 1.74. The van der Waals surface area contributed by atoms with Crippen LogP contribution in [0.3, 0.4) is 0 Å². The van der Waals surface area contributed by atoms with E-state index in [9.17, 15) is 9.59 Å². The van der Waals surface area contributed by atoms with Gasteiger partial charge in [0.05, 0.1) is 10.0 Å². The van der Waals surface area contributed by atoms with Crippen LogP contribution in [0.4, 0.5) is 0 Å². The second kappa shape index (κ2) is 11.9. The number of aryl methyl sites for hydroxylation is 1. The summed E-state index contributed by atoms with van der Waals surface area (Å²) in [7, 11) is 0. The van der Waals surface area contributed by atoms with Crippen molar-refractivity contribution in [3.63, 3.8) is 0 Å². The highest BCUT2D eigenvalue weighted by Gasteiger charge is 2.28. The summed E-state index contributed by atoms with van der Waals surface area (Å²) in [5, 5.41) is 4.66. The largest absolute Gasteiger partial charge is 0.352 e. The summed E-state index contributed by atoms with van der Waals surface area (Å²) in [4.78, 5) is 27.9. The van der Waals surface area contributed by atoms with Gasteiger partial charge in [-0.25, -0.2) is 0 Å². The van der Waals surface area contributed by atoms with E-state index in [4.69, 9.17) is 34.8 Å². The maximum atomic E-state index is 13.3. The van der Waals surface area contributed by atoms with Gasteiger partial charge in [0, 0.05) is 24.0 Å². The van der Waals surface area contributed by atoms with Gasteiger partial charge >= 0.3 is 0 Å². The minimum Gasteiger partial charge on any atom is -0.352 e. The third-order valence-corrected chi connectivity index (χ3v) is 7.13. The Bertz CT molecular complexity index is 945. The summed E-state index contributed by atoms with van der Waals surface area (Å²) in [6.07, 6.45) is 6.22. The van der Waals surface area contributed by atoms with Crippen LogP contribution in [-0.2, 0) is 22.6 Å². The predicted molar refractivity (Wildman–Crippen MR) is 131 cm³/mol. The first kappa shape index (κ1) is 24.9. The van der Waals surface area contributed by atoms with Gasteiger partial charge in [-0.2, -0.15) is 0 Å². The standard InChI is InChI=1S/C25H29Cl3N2O2/c1-17(25(32)29-20-8-3-2-4-9-20)30(16-18-11-13-22(27)23(28)15-18)24(31)14-12-19-7-5-6-10-21(19)26/h5-7,10-11,13,15,17,20H,2-4,8-9,12,14,16H2,1H3,(H,29,32)/t17-/m1/s1. The maximum absolute atomic E-state index is 13.3. The number of hydrogen-bond donors (Lipinski definition) is 1. The van der Waals surface area contributed by atoms with Crippen molar-refractivity contribution in [3.8, 4) is 0 Å². The van der Waals surface area contributed by atoms with Crippen LogP contribution in [-0.4, -0.2) is 28.8 Å². The summed E-state index contributed by atoms with van der Waals surface area (Å²) >= 11 is 18.5. The highest BCUT2D eigenvalue weighted by molar-refractivity contribution is 6.42. The first-order chi connectivity index (χ1) is 15.3. The molecule has 0 bridgehead atoms. The molecule has 2 aromatic rings. The first-order valence-corrected chi connectivity index (χ1v) is 12.3. The molecule has 4 nitrogen and oxygen atoms in total. The summed E-state index contributed by atoms with van der Waals surface area (Å²) in [5.41, 5.74) is 1.74. The number of rotatable bonds is 8. The lowest BCUT2D eigenvalue weighted by Gasteiger charge is -2.31. The van der Waals surface area contributed by atoms with Crippen LogP contribution in [0.25, 0.3) is 0 Å². The van der Waals surface area contributed by atoms with Gasteiger partial charge in [-0.1, -0.05) is 78.3 Å². The molecular weight excluding hydrogens is 467 g/mol. The Morgan fingerprint density at radius 2 is 1.72 bits per heavy atom. The van der Waals surface area contributed by atoms with Crippen LogP contribution in [0, 0.1) is 0 Å². The van der Waals surface area contributed by atoms with E-state index in [0.29, 0.717) is 21.5 Å².